The van der Waals surface area contributed by atoms with Gasteiger partial charge in [0.2, 0.25) is 0 Å². The molecule has 0 unspecified atom stereocenters. The first-order valence-electron chi connectivity index (χ1n) is 8.67. The SMILES string of the molecule is O=C(NC1CCCCC1)c1ccnc(C(=O)NCc2ccccn2)c1. The van der Waals surface area contributed by atoms with E-state index in [1.165, 1.54) is 18.7 Å². The van der Waals surface area contributed by atoms with Gasteiger partial charge in [0.05, 0.1) is 12.2 Å². The molecule has 0 atom stereocenters. The number of pyridine rings is 2. The monoisotopic (exact) mass is 338 g/mol. The van der Waals surface area contributed by atoms with Crippen LogP contribution in [0.15, 0.2) is 42.7 Å². The summed E-state index contributed by atoms with van der Waals surface area (Å²) in [7, 11) is 0. The maximum absolute atomic E-state index is 12.4. The summed E-state index contributed by atoms with van der Waals surface area (Å²) in [5.74, 6) is -0.467. The van der Waals surface area contributed by atoms with Gasteiger partial charge >= 0.3 is 0 Å². The maximum Gasteiger partial charge on any atom is 0.270 e. The van der Waals surface area contributed by atoms with Crippen molar-refractivity contribution in [3.63, 3.8) is 0 Å². The Bertz CT molecular complexity index is 727. The van der Waals surface area contributed by atoms with Crippen LogP contribution in [0.5, 0.6) is 0 Å². The lowest BCUT2D eigenvalue weighted by Gasteiger charge is -2.22. The molecule has 130 valence electrons. The number of carbonyl (C=O) groups excluding carboxylic acids is 2. The second-order valence-electron chi connectivity index (χ2n) is 6.24. The summed E-state index contributed by atoms with van der Waals surface area (Å²) in [5, 5.41) is 5.82. The minimum atomic E-state index is -0.321. The summed E-state index contributed by atoms with van der Waals surface area (Å²) in [4.78, 5) is 32.9. The van der Waals surface area contributed by atoms with E-state index in [4.69, 9.17) is 0 Å². The molecule has 6 heteroatoms. The number of carbonyl (C=O) groups is 2. The summed E-state index contributed by atoms with van der Waals surface area (Å²) < 4.78 is 0. The molecule has 2 amide bonds. The molecule has 0 spiro atoms. The molecular formula is C19H22N4O2. The topological polar surface area (TPSA) is 84.0 Å². The van der Waals surface area contributed by atoms with E-state index in [0.717, 1.165) is 31.4 Å². The summed E-state index contributed by atoms with van der Waals surface area (Å²) in [6.07, 6.45) is 8.76. The average Bonchev–Trinajstić information content (AvgIpc) is 2.68. The maximum atomic E-state index is 12.4. The van der Waals surface area contributed by atoms with Gasteiger partial charge in [0.15, 0.2) is 0 Å². The second-order valence-corrected chi connectivity index (χ2v) is 6.24. The zero-order chi connectivity index (χ0) is 17.5. The normalized spacial score (nSPS) is 14.7. The van der Waals surface area contributed by atoms with Crippen LogP contribution in [0.4, 0.5) is 0 Å². The van der Waals surface area contributed by atoms with E-state index in [-0.39, 0.29) is 23.6 Å². The van der Waals surface area contributed by atoms with E-state index in [0.29, 0.717) is 12.1 Å². The first kappa shape index (κ1) is 17.1. The van der Waals surface area contributed by atoms with Crippen molar-refractivity contribution in [1.82, 2.24) is 20.6 Å². The van der Waals surface area contributed by atoms with E-state index in [1.807, 2.05) is 18.2 Å². The van der Waals surface area contributed by atoms with Crippen LogP contribution in [-0.2, 0) is 6.54 Å². The minimum absolute atomic E-state index is 0.145. The van der Waals surface area contributed by atoms with Crippen LogP contribution in [0, 0.1) is 0 Å². The Labute approximate surface area is 147 Å². The highest BCUT2D eigenvalue weighted by Gasteiger charge is 2.18. The van der Waals surface area contributed by atoms with E-state index in [2.05, 4.69) is 20.6 Å². The fourth-order valence-corrected chi connectivity index (χ4v) is 2.98. The molecule has 2 aromatic heterocycles. The molecule has 0 aliphatic heterocycles. The number of hydrogen-bond donors (Lipinski definition) is 2. The lowest BCUT2D eigenvalue weighted by atomic mass is 9.95. The van der Waals surface area contributed by atoms with Crippen molar-refractivity contribution < 1.29 is 9.59 Å². The van der Waals surface area contributed by atoms with Gasteiger partial charge < -0.3 is 10.6 Å². The van der Waals surface area contributed by atoms with E-state index in [9.17, 15) is 9.59 Å². The molecule has 0 saturated heterocycles. The molecule has 1 aliphatic carbocycles. The van der Waals surface area contributed by atoms with Gasteiger partial charge in [0.1, 0.15) is 5.69 Å². The molecular weight excluding hydrogens is 316 g/mol. The molecule has 2 heterocycles. The predicted molar refractivity (Wildman–Crippen MR) is 94.0 cm³/mol. The molecule has 3 rings (SSSR count). The molecule has 2 aromatic rings. The molecule has 0 aromatic carbocycles. The Morgan fingerprint density at radius 3 is 2.60 bits per heavy atom. The summed E-state index contributed by atoms with van der Waals surface area (Å²) in [6.45, 7) is 0.319. The Hall–Kier alpha value is -2.76. The van der Waals surface area contributed by atoms with Gasteiger partial charge in [-0.2, -0.15) is 0 Å². The van der Waals surface area contributed by atoms with Crippen molar-refractivity contribution in [3.05, 3.63) is 59.7 Å². The van der Waals surface area contributed by atoms with Crippen LogP contribution in [0.25, 0.3) is 0 Å². The molecule has 0 radical (unpaired) electrons. The Balaban J connectivity index is 1.60. The van der Waals surface area contributed by atoms with Crippen molar-refractivity contribution in [2.24, 2.45) is 0 Å². The zero-order valence-corrected chi connectivity index (χ0v) is 14.1. The highest BCUT2D eigenvalue weighted by atomic mass is 16.2. The predicted octanol–water partition coefficient (Wildman–Crippen LogP) is 2.47. The quantitative estimate of drug-likeness (QED) is 0.877. The largest absolute Gasteiger partial charge is 0.349 e. The van der Waals surface area contributed by atoms with Gasteiger partial charge in [-0.25, -0.2) is 0 Å². The standard InChI is InChI=1S/C19H22N4O2/c24-18(23-15-6-2-1-3-7-15)14-9-11-21-17(12-14)19(25)22-13-16-8-4-5-10-20-16/h4-5,8-12,15H,1-3,6-7,13H2,(H,22,25)(H,23,24). The van der Waals surface area contributed by atoms with Gasteiger partial charge in [-0.1, -0.05) is 25.3 Å². The van der Waals surface area contributed by atoms with Gasteiger partial charge in [-0.3, -0.25) is 19.6 Å². The number of aromatic nitrogens is 2. The van der Waals surface area contributed by atoms with Crippen molar-refractivity contribution in [1.29, 1.82) is 0 Å². The first-order chi connectivity index (χ1) is 12.2. The van der Waals surface area contributed by atoms with Crippen LogP contribution in [0.3, 0.4) is 0 Å². The Morgan fingerprint density at radius 1 is 1.00 bits per heavy atom. The van der Waals surface area contributed by atoms with Gasteiger partial charge in [0.25, 0.3) is 11.8 Å². The van der Waals surface area contributed by atoms with Gasteiger partial charge in [-0.15, -0.1) is 0 Å². The van der Waals surface area contributed by atoms with Crippen LogP contribution >= 0.6 is 0 Å². The van der Waals surface area contributed by atoms with Crippen molar-refractivity contribution in [2.45, 2.75) is 44.7 Å². The summed E-state index contributed by atoms with van der Waals surface area (Å²) >= 11 is 0. The van der Waals surface area contributed by atoms with Crippen molar-refractivity contribution in [3.8, 4) is 0 Å². The van der Waals surface area contributed by atoms with Crippen molar-refractivity contribution >= 4 is 11.8 Å². The number of amides is 2. The van der Waals surface area contributed by atoms with Crippen LogP contribution < -0.4 is 10.6 Å². The molecule has 1 fully saturated rings. The fourth-order valence-electron chi connectivity index (χ4n) is 2.98. The molecule has 1 aliphatic rings. The van der Waals surface area contributed by atoms with Crippen LogP contribution in [0.2, 0.25) is 0 Å². The minimum Gasteiger partial charge on any atom is -0.349 e. The number of rotatable bonds is 5. The van der Waals surface area contributed by atoms with E-state index >= 15 is 0 Å². The van der Waals surface area contributed by atoms with Crippen LogP contribution in [0.1, 0.15) is 58.6 Å². The van der Waals surface area contributed by atoms with E-state index < -0.39 is 0 Å². The number of nitrogens with zero attached hydrogens (tertiary/aromatic N) is 2. The molecule has 1 saturated carbocycles. The van der Waals surface area contributed by atoms with Crippen molar-refractivity contribution in [2.75, 3.05) is 0 Å². The smallest absolute Gasteiger partial charge is 0.270 e. The van der Waals surface area contributed by atoms with Crippen LogP contribution in [-0.4, -0.2) is 27.8 Å². The highest BCUT2D eigenvalue weighted by Crippen LogP contribution is 2.17. The third-order valence-electron chi connectivity index (χ3n) is 4.35. The van der Waals surface area contributed by atoms with Gasteiger partial charge in [-0.05, 0) is 37.1 Å². The van der Waals surface area contributed by atoms with E-state index in [1.54, 1.807) is 12.3 Å². The number of hydrogen-bond acceptors (Lipinski definition) is 4. The fraction of sp³-hybridized carbons (Fsp3) is 0.368. The molecule has 25 heavy (non-hydrogen) atoms. The second kappa shape index (κ2) is 8.37. The Morgan fingerprint density at radius 2 is 1.84 bits per heavy atom. The third-order valence-corrected chi connectivity index (χ3v) is 4.35. The number of nitrogens with one attached hydrogen (secondary N) is 2. The lowest BCUT2D eigenvalue weighted by molar-refractivity contribution is 0.0927. The molecule has 0 bridgehead atoms. The van der Waals surface area contributed by atoms with Gasteiger partial charge in [0, 0.05) is 24.0 Å². The molecule has 2 N–H and O–H groups in total. The molecule has 6 nitrogen and oxygen atoms in total. The first-order valence-corrected chi connectivity index (χ1v) is 8.67. The Kier molecular flexibility index (Phi) is 5.72. The summed E-state index contributed by atoms with van der Waals surface area (Å²) in [6, 6.07) is 8.92. The third kappa shape index (κ3) is 4.86. The zero-order valence-electron chi connectivity index (χ0n) is 14.1. The average molecular weight is 338 g/mol. The highest BCUT2D eigenvalue weighted by molar-refractivity contribution is 5.98. The summed E-state index contributed by atoms with van der Waals surface area (Å²) in [5.41, 5.74) is 1.46. The lowest BCUT2D eigenvalue weighted by Crippen LogP contribution is -2.36.